The fourth-order valence-electron chi connectivity index (χ4n) is 3.75. The molecule has 1 saturated heterocycles. The van der Waals surface area contributed by atoms with Gasteiger partial charge in [0.15, 0.2) is 5.96 Å². The highest BCUT2D eigenvalue weighted by molar-refractivity contribution is 14.0. The van der Waals surface area contributed by atoms with Crippen LogP contribution in [0.4, 0.5) is 0 Å². The summed E-state index contributed by atoms with van der Waals surface area (Å²) in [5.74, 6) is 0.762. The lowest BCUT2D eigenvalue weighted by atomic mass is 9.93. The van der Waals surface area contributed by atoms with Crippen LogP contribution in [-0.4, -0.2) is 55.6 Å². The molecule has 0 radical (unpaired) electrons. The average Bonchev–Trinajstić information content (AvgIpc) is 3.24. The number of guanidine groups is 1. The van der Waals surface area contributed by atoms with E-state index in [4.69, 9.17) is 0 Å². The van der Waals surface area contributed by atoms with Gasteiger partial charge in [0.1, 0.15) is 0 Å². The number of aliphatic imine (C=N–C) groups is 1. The van der Waals surface area contributed by atoms with Crippen LogP contribution < -0.4 is 10.6 Å². The van der Waals surface area contributed by atoms with Crippen molar-refractivity contribution in [2.45, 2.75) is 69.0 Å². The normalized spacial score (nSPS) is 23.4. The second-order valence-electron chi connectivity index (χ2n) is 7.60. The summed E-state index contributed by atoms with van der Waals surface area (Å²) in [5, 5.41) is 16.3. The highest BCUT2D eigenvalue weighted by Crippen LogP contribution is 2.21. The van der Waals surface area contributed by atoms with E-state index in [0.29, 0.717) is 30.6 Å². The zero-order valence-electron chi connectivity index (χ0n) is 17.0. The molecule has 0 spiro atoms. The molecular formula is C20H33IN4O3S. The van der Waals surface area contributed by atoms with Crippen LogP contribution in [-0.2, 0) is 16.6 Å². The number of rotatable bonds is 6. The highest BCUT2D eigenvalue weighted by Gasteiger charge is 2.26. The van der Waals surface area contributed by atoms with E-state index in [-0.39, 0.29) is 30.1 Å². The quantitative estimate of drug-likeness (QED) is 0.295. The summed E-state index contributed by atoms with van der Waals surface area (Å²) in [7, 11) is -3.37. The number of nitrogens with one attached hydrogen (secondary N) is 2. The molecule has 0 aromatic heterocycles. The number of hydrogen-bond acceptors (Lipinski definition) is 4. The Morgan fingerprint density at radius 1 is 1.14 bits per heavy atom. The fourth-order valence-corrected chi connectivity index (χ4v) is 5.27. The first-order valence-electron chi connectivity index (χ1n) is 10.3. The molecule has 164 valence electrons. The summed E-state index contributed by atoms with van der Waals surface area (Å²) in [4.78, 5) is 4.99. The second kappa shape index (κ2) is 11.5. The van der Waals surface area contributed by atoms with Crippen molar-refractivity contribution in [3.63, 3.8) is 0 Å². The van der Waals surface area contributed by atoms with Crippen molar-refractivity contribution in [2.75, 3.05) is 19.6 Å². The number of sulfonamides is 1. The SMILES string of the molecule is CCNC(=NCc1ccc(S(=O)(=O)N2CCCC2)cc1)NC1CCC(O)CC1.I. The lowest BCUT2D eigenvalue weighted by molar-refractivity contribution is 0.120. The van der Waals surface area contributed by atoms with Gasteiger partial charge in [-0.25, -0.2) is 13.4 Å². The number of benzene rings is 1. The minimum atomic E-state index is -3.37. The Morgan fingerprint density at radius 2 is 1.76 bits per heavy atom. The van der Waals surface area contributed by atoms with Crippen LogP contribution in [0.25, 0.3) is 0 Å². The fraction of sp³-hybridized carbons (Fsp3) is 0.650. The number of nitrogens with zero attached hydrogens (tertiary/aromatic N) is 2. The Kier molecular flexibility index (Phi) is 9.64. The topological polar surface area (TPSA) is 94.0 Å². The molecule has 2 fully saturated rings. The molecule has 1 saturated carbocycles. The van der Waals surface area contributed by atoms with E-state index in [0.717, 1.165) is 56.6 Å². The van der Waals surface area contributed by atoms with Crippen LogP contribution in [0, 0.1) is 0 Å². The third kappa shape index (κ3) is 6.80. The molecule has 0 unspecified atom stereocenters. The minimum Gasteiger partial charge on any atom is -0.393 e. The maximum atomic E-state index is 12.6. The van der Waals surface area contributed by atoms with Crippen LogP contribution in [0.3, 0.4) is 0 Å². The maximum absolute atomic E-state index is 12.6. The molecule has 1 aromatic rings. The van der Waals surface area contributed by atoms with E-state index in [2.05, 4.69) is 15.6 Å². The van der Waals surface area contributed by atoms with Crippen molar-refractivity contribution in [1.29, 1.82) is 0 Å². The van der Waals surface area contributed by atoms with Gasteiger partial charge in [-0.15, -0.1) is 24.0 Å². The number of aliphatic hydroxyl groups is 1. The summed E-state index contributed by atoms with van der Waals surface area (Å²) in [6.45, 7) is 4.51. The zero-order chi connectivity index (χ0) is 20.0. The van der Waals surface area contributed by atoms with E-state index >= 15 is 0 Å². The van der Waals surface area contributed by atoms with Crippen LogP contribution in [0.15, 0.2) is 34.2 Å². The van der Waals surface area contributed by atoms with Crippen LogP contribution >= 0.6 is 24.0 Å². The van der Waals surface area contributed by atoms with E-state index < -0.39 is 10.0 Å². The summed E-state index contributed by atoms with van der Waals surface area (Å²) in [5.41, 5.74) is 0.969. The molecule has 0 amide bonds. The van der Waals surface area contributed by atoms with Crippen molar-refractivity contribution in [3.05, 3.63) is 29.8 Å². The number of halogens is 1. The number of hydrogen-bond donors (Lipinski definition) is 3. The molecule has 2 aliphatic rings. The predicted octanol–water partition coefficient (Wildman–Crippen LogP) is 2.45. The molecule has 1 aromatic carbocycles. The molecule has 0 bridgehead atoms. The summed E-state index contributed by atoms with van der Waals surface area (Å²) >= 11 is 0. The Balaban J connectivity index is 0.00000300. The van der Waals surface area contributed by atoms with Gasteiger partial charge < -0.3 is 15.7 Å². The molecule has 1 heterocycles. The van der Waals surface area contributed by atoms with Gasteiger partial charge in [0.05, 0.1) is 17.5 Å². The molecule has 9 heteroatoms. The van der Waals surface area contributed by atoms with Gasteiger partial charge in [0.25, 0.3) is 0 Å². The van der Waals surface area contributed by atoms with Crippen molar-refractivity contribution in [2.24, 2.45) is 4.99 Å². The van der Waals surface area contributed by atoms with E-state index in [9.17, 15) is 13.5 Å². The van der Waals surface area contributed by atoms with Crippen LogP contribution in [0.5, 0.6) is 0 Å². The maximum Gasteiger partial charge on any atom is 0.243 e. The van der Waals surface area contributed by atoms with E-state index in [1.165, 1.54) is 0 Å². The summed E-state index contributed by atoms with van der Waals surface area (Å²) in [6, 6.07) is 7.37. The predicted molar refractivity (Wildman–Crippen MR) is 126 cm³/mol. The Morgan fingerprint density at radius 3 is 2.34 bits per heavy atom. The third-order valence-corrected chi connectivity index (χ3v) is 7.34. The molecule has 0 atom stereocenters. The molecule has 1 aliphatic heterocycles. The zero-order valence-corrected chi connectivity index (χ0v) is 20.2. The van der Waals surface area contributed by atoms with E-state index in [1.54, 1.807) is 16.4 Å². The van der Waals surface area contributed by atoms with E-state index in [1.807, 2.05) is 19.1 Å². The first-order chi connectivity index (χ1) is 13.5. The summed E-state index contributed by atoms with van der Waals surface area (Å²) in [6.07, 6.45) is 5.23. The molecule has 29 heavy (non-hydrogen) atoms. The van der Waals surface area contributed by atoms with Gasteiger partial charge in [-0.3, -0.25) is 0 Å². The first-order valence-corrected chi connectivity index (χ1v) is 11.7. The van der Waals surface area contributed by atoms with Crippen molar-refractivity contribution in [3.8, 4) is 0 Å². The van der Waals surface area contributed by atoms with Gasteiger partial charge in [0.2, 0.25) is 10.0 Å². The van der Waals surface area contributed by atoms with Gasteiger partial charge in [-0.2, -0.15) is 4.31 Å². The molecule has 7 nitrogen and oxygen atoms in total. The van der Waals surface area contributed by atoms with Gasteiger partial charge in [-0.05, 0) is 63.1 Å². The molecule has 1 aliphatic carbocycles. The number of aliphatic hydroxyl groups excluding tert-OH is 1. The van der Waals surface area contributed by atoms with Gasteiger partial charge in [-0.1, -0.05) is 12.1 Å². The monoisotopic (exact) mass is 536 g/mol. The molecular weight excluding hydrogens is 503 g/mol. The second-order valence-corrected chi connectivity index (χ2v) is 9.54. The lowest BCUT2D eigenvalue weighted by Crippen LogP contribution is -2.45. The minimum absolute atomic E-state index is 0. The van der Waals surface area contributed by atoms with Crippen molar-refractivity contribution in [1.82, 2.24) is 14.9 Å². The largest absolute Gasteiger partial charge is 0.393 e. The molecule has 3 rings (SSSR count). The Bertz CT molecular complexity index is 756. The average molecular weight is 536 g/mol. The Hall–Kier alpha value is -0.910. The van der Waals surface area contributed by atoms with Crippen molar-refractivity contribution >= 4 is 40.0 Å². The highest BCUT2D eigenvalue weighted by atomic mass is 127. The standard InChI is InChI=1S/C20H32N4O3S.HI/c1-2-21-20(23-17-7-9-18(25)10-8-17)22-15-16-5-11-19(12-6-16)28(26,27)24-13-3-4-14-24;/h5-6,11-12,17-18,25H,2-4,7-10,13-15H2,1H3,(H2,21,22,23);1H. The van der Waals surface area contributed by atoms with Crippen molar-refractivity contribution < 1.29 is 13.5 Å². The van der Waals surface area contributed by atoms with Gasteiger partial charge in [0, 0.05) is 25.7 Å². The van der Waals surface area contributed by atoms with Crippen LogP contribution in [0.1, 0.15) is 51.0 Å². The van der Waals surface area contributed by atoms with Crippen LogP contribution in [0.2, 0.25) is 0 Å². The summed E-state index contributed by atoms with van der Waals surface area (Å²) < 4.78 is 26.8. The first kappa shape index (κ1) is 24.4. The lowest BCUT2D eigenvalue weighted by Gasteiger charge is -2.27. The van der Waals surface area contributed by atoms with Gasteiger partial charge >= 0.3 is 0 Å². The third-order valence-electron chi connectivity index (χ3n) is 5.43. The Labute approximate surface area is 191 Å². The molecule has 3 N–H and O–H groups in total. The smallest absolute Gasteiger partial charge is 0.243 e.